The molecule has 98 valence electrons. The third-order valence-electron chi connectivity index (χ3n) is 3.46. The number of rotatable bonds is 5. The average Bonchev–Trinajstić information content (AvgIpc) is 3.27. The van der Waals surface area contributed by atoms with Crippen molar-refractivity contribution in [1.29, 1.82) is 0 Å². The molecule has 0 radical (unpaired) electrons. The molecular formula is C16H18N2O. The van der Waals surface area contributed by atoms with Gasteiger partial charge < -0.3 is 10.6 Å². The zero-order valence-electron chi connectivity index (χ0n) is 10.9. The zero-order chi connectivity index (χ0) is 13.1. The molecule has 2 aromatic carbocycles. The van der Waals surface area contributed by atoms with Crippen LogP contribution in [0, 0.1) is 0 Å². The van der Waals surface area contributed by atoms with Crippen LogP contribution in [-0.4, -0.2) is 25.0 Å². The number of nitrogens with one attached hydrogen (secondary N) is 2. The van der Waals surface area contributed by atoms with E-state index < -0.39 is 0 Å². The highest BCUT2D eigenvalue weighted by atomic mass is 16.1. The Morgan fingerprint density at radius 1 is 1.05 bits per heavy atom. The second-order valence-corrected chi connectivity index (χ2v) is 5.01. The predicted molar refractivity (Wildman–Crippen MR) is 77.3 cm³/mol. The molecule has 0 aliphatic heterocycles. The lowest BCUT2D eigenvalue weighted by Gasteiger charge is -2.08. The molecule has 2 N–H and O–H groups in total. The van der Waals surface area contributed by atoms with Crippen molar-refractivity contribution in [1.82, 2.24) is 10.6 Å². The third kappa shape index (κ3) is 2.93. The van der Waals surface area contributed by atoms with Crippen molar-refractivity contribution in [2.24, 2.45) is 0 Å². The Kier molecular flexibility index (Phi) is 3.47. The van der Waals surface area contributed by atoms with Crippen LogP contribution in [0.25, 0.3) is 10.8 Å². The molecule has 1 amide bonds. The van der Waals surface area contributed by atoms with Gasteiger partial charge in [0.15, 0.2) is 0 Å². The molecule has 1 aliphatic carbocycles. The van der Waals surface area contributed by atoms with Crippen molar-refractivity contribution in [3.63, 3.8) is 0 Å². The van der Waals surface area contributed by atoms with Crippen LogP contribution in [0.2, 0.25) is 0 Å². The molecule has 0 atom stereocenters. The van der Waals surface area contributed by atoms with Crippen LogP contribution in [0.15, 0.2) is 42.5 Å². The molecule has 0 heterocycles. The van der Waals surface area contributed by atoms with Crippen LogP contribution in [0.5, 0.6) is 0 Å². The summed E-state index contributed by atoms with van der Waals surface area (Å²) in [5, 5.41) is 8.47. The monoisotopic (exact) mass is 254 g/mol. The Labute approximate surface area is 113 Å². The molecule has 0 unspecified atom stereocenters. The fourth-order valence-electron chi connectivity index (χ4n) is 2.26. The molecular weight excluding hydrogens is 236 g/mol. The lowest BCUT2D eigenvalue weighted by atomic mass is 10.0. The summed E-state index contributed by atoms with van der Waals surface area (Å²) < 4.78 is 0. The molecule has 0 bridgehead atoms. The summed E-state index contributed by atoms with van der Waals surface area (Å²) in [7, 11) is 0. The first-order valence-corrected chi connectivity index (χ1v) is 6.84. The molecule has 3 heteroatoms. The SMILES string of the molecule is O=C(NCCNC1CC1)c1cccc2ccccc12. The maximum Gasteiger partial charge on any atom is 0.251 e. The van der Waals surface area contributed by atoms with Gasteiger partial charge in [0, 0.05) is 24.7 Å². The lowest BCUT2D eigenvalue weighted by Crippen LogP contribution is -2.32. The molecule has 0 spiro atoms. The number of hydrogen-bond acceptors (Lipinski definition) is 2. The van der Waals surface area contributed by atoms with E-state index in [9.17, 15) is 4.79 Å². The largest absolute Gasteiger partial charge is 0.351 e. The Balaban J connectivity index is 1.66. The van der Waals surface area contributed by atoms with Crippen molar-refractivity contribution in [2.75, 3.05) is 13.1 Å². The fraction of sp³-hybridized carbons (Fsp3) is 0.312. The van der Waals surface area contributed by atoms with Crippen molar-refractivity contribution < 1.29 is 4.79 Å². The summed E-state index contributed by atoms with van der Waals surface area (Å²) in [6, 6.07) is 14.5. The van der Waals surface area contributed by atoms with Crippen LogP contribution in [0.3, 0.4) is 0 Å². The van der Waals surface area contributed by atoms with E-state index in [2.05, 4.69) is 10.6 Å². The van der Waals surface area contributed by atoms with E-state index >= 15 is 0 Å². The minimum absolute atomic E-state index is 0.00870. The number of carbonyl (C=O) groups is 1. The molecule has 1 saturated carbocycles. The van der Waals surface area contributed by atoms with Crippen LogP contribution in [0.4, 0.5) is 0 Å². The average molecular weight is 254 g/mol. The van der Waals surface area contributed by atoms with E-state index in [1.807, 2.05) is 42.5 Å². The summed E-state index contributed by atoms with van der Waals surface area (Å²) in [6.45, 7) is 1.53. The molecule has 2 aromatic rings. The molecule has 3 rings (SSSR count). The van der Waals surface area contributed by atoms with E-state index in [1.165, 1.54) is 12.8 Å². The normalized spacial score (nSPS) is 14.5. The first-order valence-electron chi connectivity index (χ1n) is 6.84. The van der Waals surface area contributed by atoms with E-state index in [4.69, 9.17) is 0 Å². The Bertz CT molecular complexity index is 585. The fourth-order valence-corrected chi connectivity index (χ4v) is 2.26. The molecule has 0 saturated heterocycles. The molecule has 19 heavy (non-hydrogen) atoms. The van der Waals surface area contributed by atoms with Crippen LogP contribution in [0.1, 0.15) is 23.2 Å². The van der Waals surface area contributed by atoms with Crippen molar-refractivity contribution in [3.8, 4) is 0 Å². The van der Waals surface area contributed by atoms with E-state index in [0.29, 0.717) is 12.6 Å². The number of carbonyl (C=O) groups excluding carboxylic acids is 1. The highest BCUT2D eigenvalue weighted by Crippen LogP contribution is 2.19. The van der Waals surface area contributed by atoms with E-state index in [1.54, 1.807) is 0 Å². The Morgan fingerprint density at radius 3 is 2.68 bits per heavy atom. The van der Waals surface area contributed by atoms with Gasteiger partial charge in [0.2, 0.25) is 0 Å². The van der Waals surface area contributed by atoms with E-state index in [-0.39, 0.29) is 5.91 Å². The first kappa shape index (κ1) is 12.2. The minimum Gasteiger partial charge on any atom is -0.351 e. The highest BCUT2D eigenvalue weighted by molar-refractivity contribution is 6.06. The maximum atomic E-state index is 12.2. The Hall–Kier alpha value is -1.87. The second-order valence-electron chi connectivity index (χ2n) is 5.01. The van der Waals surface area contributed by atoms with Gasteiger partial charge in [-0.25, -0.2) is 0 Å². The zero-order valence-corrected chi connectivity index (χ0v) is 10.9. The second kappa shape index (κ2) is 5.41. The molecule has 0 aromatic heterocycles. The summed E-state index contributed by atoms with van der Waals surface area (Å²) >= 11 is 0. The summed E-state index contributed by atoms with van der Waals surface area (Å²) in [5.74, 6) is 0.00870. The number of hydrogen-bond donors (Lipinski definition) is 2. The maximum absolute atomic E-state index is 12.2. The van der Waals surface area contributed by atoms with Gasteiger partial charge in [0.25, 0.3) is 5.91 Å². The molecule has 1 fully saturated rings. The molecule has 1 aliphatic rings. The summed E-state index contributed by atoms with van der Waals surface area (Å²) in [5.41, 5.74) is 0.754. The van der Waals surface area contributed by atoms with Gasteiger partial charge >= 0.3 is 0 Å². The summed E-state index contributed by atoms with van der Waals surface area (Å²) in [6.07, 6.45) is 2.55. The summed E-state index contributed by atoms with van der Waals surface area (Å²) in [4.78, 5) is 12.2. The van der Waals surface area contributed by atoms with E-state index in [0.717, 1.165) is 22.9 Å². The van der Waals surface area contributed by atoms with Crippen LogP contribution in [-0.2, 0) is 0 Å². The first-order chi connectivity index (χ1) is 9.34. The van der Waals surface area contributed by atoms with Crippen molar-refractivity contribution in [3.05, 3.63) is 48.0 Å². The highest BCUT2D eigenvalue weighted by Gasteiger charge is 2.19. The van der Waals surface area contributed by atoms with Gasteiger partial charge in [-0.15, -0.1) is 0 Å². The van der Waals surface area contributed by atoms with Crippen LogP contribution >= 0.6 is 0 Å². The van der Waals surface area contributed by atoms with Gasteiger partial charge in [-0.05, 0) is 29.7 Å². The number of amides is 1. The topological polar surface area (TPSA) is 41.1 Å². The smallest absolute Gasteiger partial charge is 0.251 e. The number of benzene rings is 2. The van der Waals surface area contributed by atoms with Gasteiger partial charge in [-0.2, -0.15) is 0 Å². The van der Waals surface area contributed by atoms with Crippen molar-refractivity contribution >= 4 is 16.7 Å². The van der Waals surface area contributed by atoms with Crippen molar-refractivity contribution in [2.45, 2.75) is 18.9 Å². The number of fused-ring (bicyclic) bond motifs is 1. The quantitative estimate of drug-likeness (QED) is 0.804. The van der Waals surface area contributed by atoms with Gasteiger partial charge in [0.1, 0.15) is 0 Å². The van der Waals surface area contributed by atoms with Gasteiger partial charge in [-0.1, -0.05) is 36.4 Å². The minimum atomic E-state index is 0.00870. The molecule has 3 nitrogen and oxygen atoms in total. The Morgan fingerprint density at radius 2 is 1.84 bits per heavy atom. The predicted octanol–water partition coefficient (Wildman–Crippen LogP) is 2.32. The lowest BCUT2D eigenvalue weighted by molar-refractivity contribution is 0.0955. The third-order valence-corrected chi connectivity index (χ3v) is 3.46. The van der Waals surface area contributed by atoms with Gasteiger partial charge in [-0.3, -0.25) is 4.79 Å². The standard InChI is InChI=1S/C16H18N2O/c19-16(18-11-10-17-13-8-9-13)15-7-3-5-12-4-1-2-6-14(12)15/h1-7,13,17H,8-11H2,(H,18,19). The van der Waals surface area contributed by atoms with Crippen LogP contribution < -0.4 is 10.6 Å². The van der Waals surface area contributed by atoms with Gasteiger partial charge in [0.05, 0.1) is 0 Å².